The van der Waals surface area contributed by atoms with Crippen LogP contribution in [0, 0.1) is 11.8 Å². The largest absolute Gasteiger partial charge is 0.465 e. The molecule has 0 aromatic carbocycles. The smallest absolute Gasteiger partial charge is 0.407 e. The van der Waals surface area contributed by atoms with Gasteiger partial charge in [0.25, 0.3) is 0 Å². The zero-order valence-electron chi connectivity index (χ0n) is 13.0. The quantitative estimate of drug-likeness (QED) is 0.821. The van der Waals surface area contributed by atoms with Crippen LogP contribution in [-0.4, -0.2) is 57.4 Å². The Morgan fingerprint density at radius 2 is 1.09 bits per heavy atom. The van der Waals surface area contributed by atoms with Gasteiger partial charge in [-0.05, 0) is 50.4 Å². The molecule has 2 aliphatic heterocycles. The predicted molar refractivity (Wildman–Crippen MR) is 81.0 cm³/mol. The molecular formula is C16H26N2O4. The summed E-state index contributed by atoms with van der Waals surface area (Å²) in [6.07, 6.45) is 6.51. The van der Waals surface area contributed by atoms with E-state index in [0.29, 0.717) is 24.9 Å². The molecule has 0 aromatic heterocycles. The van der Waals surface area contributed by atoms with Crippen molar-refractivity contribution in [2.75, 3.05) is 13.1 Å². The van der Waals surface area contributed by atoms with Crippen molar-refractivity contribution in [3.05, 3.63) is 0 Å². The van der Waals surface area contributed by atoms with Crippen LogP contribution in [0.2, 0.25) is 0 Å². The second-order valence-corrected chi connectivity index (χ2v) is 6.98. The van der Waals surface area contributed by atoms with Crippen LogP contribution in [0.3, 0.4) is 0 Å². The minimum absolute atomic E-state index is 0.0963. The summed E-state index contributed by atoms with van der Waals surface area (Å²) in [6.45, 7) is 1.27. The zero-order chi connectivity index (χ0) is 15.7. The number of hydrogen-bond acceptors (Lipinski definition) is 2. The molecule has 3 fully saturated rings. The fourth-order valence-corrected chi connectivity index (χ4v) is 5.09. The summed E-state index contributed by atoms with van der Waals surface area (Å²) in [4.78, 5) is 26.2. The molecule has 3 rings (SSSR count). The van der Waals surface area contributed by atoms with Crippen molar-refractivity contribution >= 4 is 12.2 Å². The number of nitrogens with zero attached hydrogens (tertiary/aromatic N) is 2. The van der Waals surface area contributed by atoms with Crippen LogP contribution >= 0.6 is 0 Å². The van der Waals surface area contributed by atoms with Crippen LogP contribution in [-0.2, 0) is 0 Å². The number of hydrogen-bond donors (Lipinski definition) is 2. The maximum atomic E-state index is 11.5. The molecular weight excluding hydrogens is 284 g/mol. The Morgan fingerprint density at radius 1 is 0.682 bits per heavy atom. The first-order valence-electron chi connectivity index (χ1n) is 8.58. The topological polar surface area (TPSA) is 81.1 Å². The standard InChI is InChI=1S/C16H26N2O4/c19-15(20)17-9-3-7-13(17)11-5-1-2-6-12(11)14-8-4-10-18(14)16(21)22/h11-14H,1-10H2,(H,19,20)(H,21,22). The van der Waals surface area contributed by atoms with E-state index in [2.05, 4.69) is 0 Å². The number of amides is 2. The summed E-state index contributed by atoms with van der Waals surface area (Å²) < 4.78 is 0. The van der Waals surface area contributed by atoms with Crippen LogP contribution in [0.15, 0.2) is 0 Å². The summed E-state index contributed by atoms with van der Waals surface area (Å²) in [7, 11) is 0. The van der Waals surface area contributed by atoms with Crippen molar-refractivity contribution < 1.29 is 19.8 Å². The van der Waals surface area contributed by atoms with Crippen molar-refractivity contribution in [1.82, 2.24) is 9.80 Å². The summed E-state index contributed by atoms with van der Waals surface area (Å²) in [5.74, 6) is 0.662. The van der Waals surface area contributed by atoms with Gasteiger partial charge >= 0.3 is 12.2 Å². The molecule has 2 amide bonds. The average molecular weight is 310 g/mol. The minimum atomic E-state index is -0.812. The van der Waals surface area contributed by atoms with Gasteiger partial charge in [0, 0.05) is 25.2 Å². The van der Waals surface area contributed by atoms with Gasteiger partial charge in [-0.3, -0.25) is 0 Å². The zero-order valence-corrected chi connectivity index (χ0v) is 13.0. The van der Waals surface area contributed by atoms with E-state index in [1.807, 2.05) is 0 Å². The molecule has 0 radical (unpaired) electrons. The molecule has 6 heteroatoms. The average Bonchev–Trinajstić information content (AvgIpc) is 3.16. The lowest BCUT2D eigenvalue weighted by Crippen LogP contribution is -2.49. The molecule has 0 bridgehead atoms. The van der Waals surface area contributed by atoms with Crippen molar-refractivity contribution in [3.8, 4) is 0 Å². The maximum absolute atomic E-state index is 11.5. The van der Waals surface area contributed by atoms with Crippen molar-refractivity contribution in [2.45, 2.75) is 63.5 Å². The van der Waals surface area contributed by atoms with Crippen molar-refractivity contribution in [3.63, 3.8) is 0 Å². The van der Waals surface area contributed by atoms with Crippen LogP contribution in [0.4, 0.5) is 9.59 Å². The third-order valence-electron chi connectivity index (χ3n) is 5.95. The molecule has 22 heavy (non-hydrogen) atoms. The van der Waals surface area contributed by atoms with Gasteiger partial charge in [0.2, 0.25) is 0 Å². The predicted octanol–water partition coefficient (Wildman–Crippen LogP) is 3.08. The van der Waals surface area contributed by atoms with E-state index in [1.54, 1.807) is 9.80 Å². The molecule has 0 spiro atoms. The van der Waals surface area contributed by atoms with Crippen LogP contribution in [0.1, 0.15) is 51.4 Å². The monoisotopic (exact) mass is 310 g/mol. The molecule has 2 N–H and O–H groups in total. The van der Waals surface area contributed by atoms with E-state index in [4.69, 9.17) is 0 Å². The minimum Gasteiger partial charge on any atom is -0.465 e. The third kappa shape index (κ3) is 2.75. The Kier molecular flexibility index (Phi) is 4.45. The molecule has 0 aromatic rings. The van der Waals surface area contributed by atoms with E-state index in [9.17, 15) is 19.8 Å². The SMILES string of the molecule is O=C(O)N1CCCC1C1CCCCC1C1CCCN1C(=O)O. The Bertz CT molecular complexity index is 402. The normalized spacial score (nSPS) is 35.8. The number of likely N-dealkylation sites (tertiary alicyclic amines) is 2. The van der Waals surface area contributed by atoms with Gasteiger partial charge in [0.05, 0.1) is 0 Å². The summed E-state index contributed by atoms with van der Waals surface area (Å²) >= 11 is 0. The number of rotatable bonds is 2. The molecule has 6 nitrogen and oxygen atoms in total. The summed E-state index contributed by atoms with van der Waals surface area (Å²) in [6, 6.07) is 0.193. The second-order valence-electron chi connectivity index (χ2n) is 6.98. The fraction of sp³-hybridized carbons (Fsp3) is 0.875. The van der Waals surface area contributed by atoms with Crippen LogP contribution in [0.5, 0.6) is 0 Å². The molecule has 1 saturated carbocycles. The highest BCUT2D eigenvalue weighted by Gasteiger charge is 2.45. The molecule has 1 aliphatic carbocycles. The maximum Gasteiger partial charge on any atom is 0.407 e. The van der Waals surface area contributed by atoms with Crippen molar-refractivity contribution in [2.24, 2.45) is 11.8 Å². The van der Waals surface area contributed by atoms with E-state index >= 15 is 0 Å². The first-order chi connectivity index (χ1) is 10.6. The van der Waals surface area contributed by atoms with E-state index in [0.717, 1.165) is 51.4 Å². The Morgan fingerprint density at radius 3 is 1.45 bits per heavy atom. The lowest BCUT2D eigenvalue weighted by Gasteiger charge is -2.43. The van der Waals surface area contributed by atoms with Gasteiger partial charge in [0.1, 0.15) is 0 Å². The van der Waals surface area contributed by atoms with Crippen LogP contribution < -0.4 is 0 Å². The molecule has 4 unspecified atom stereocenters. The van der Waals surface area contributed by atoms with Gasteiger partial charge in [-0.2, -0.15) is 0 Å². The summed E-state index contributed by atoms with van der Waals surface area (Å²) in [5, 5.41) is 18.9. The molecule has 3 aliphatic rings. The molecule has 124 valence electrons. The Balaban J connectivity index is 1.79. The highest BCUT2D eigenvalue weighted by atomic mass is 16.4. The Hall–Kier alpha value is -1.46. The first-order valence-corrected chi connectivity index (χ1v) is 8.58. The molecule has 4 atom stereocenters. The van der Waals surface area contributed by atoms with E-state index < -0.39 is 12.2 Å². The Labute approximate surface area is 131 Å². The second kappa shape index (κ2) is 6.34. The highest BCUT2D eigenvalue weighted by Crippen LogP contribution is 2.43. The molecule has 2 heterocycles. The lowest BCUT2D eigenvalue weighted by molar-refractivity contribution is 0.0525. The summed E-state index contributed by atoms with van der Waals surface area (Å²) in [5.41, 5.74) is 0. The van der Waals surface area contributed by atoms with Crippen LogP contribution in [0.25, 0.3) is 0 Å². The molecule has 2 saturated heterocycles. The highest BCUT2D eigenvalue weighted by molar-refractivity contribution is 5.66. The lowest BCUT2D eigenvalue weighted by atomic mass is 9.70. The van der Waals surface area contributed by atoms with Crippen molar-refractivity contribution in [1.29, 1.82) is 0 Å². The first kappa shape index (κ1) is 15.4. The number of carboxylic acid groups (broad SMARTS) is 2. The fourth-order valence-electron chi connectivity index (χ4n) is 5.09. The number of carbonyl (C=O) groups is 2. The van der Waals surface area contributed by atoms with Gasteiger partial charge in [-0.15, -0.1) is 0 Å². The van der Waals surface area contributed by atoms with E-state index in [1.165, 1.54) is 0 Å². The van der Waals surface area contributed by atoms with E-state index in [-0.39, 0.29) is 12.1 Å². The van der Waals surface area contributed by atoms with Gasteiger partial charge in [0.15, 0.2) is 0 Å². The van der Waals surface area contributed by atoms with Gasteiger partial charge in [-0.1, -0.05) is 12.8 Å². The third-order valence-corrected chi connectivity index (χ3v) is 5.95. The van der Waals surface area contributed by atoms with Gasteiger partial charge in [-0.25, -0.2) is 9.59 Å². The van der Waals surface area contributed by atoms with Gasteiger partial charge < -0.3 is 20.0 Å².